The summed E-state index contributed by atoms with van der Waals surface area (Å²) in [6.45, 7) is 2.85. The Balaban J connectivity index is 1.54. The number of hydrazine groups is 1. The van der Waals surface area contributed by atoms with E-state index in [4.69, 9.17) is 9.94 Å². The Bertz CT molecular complexity index is 1150. The molecule has 0 atom stereocenters. The second-order valence-corrected chi connectivity index (χ2v) is 8.92. The Labute approximate surface area is 207 Å². The summed E-state index contributed by atoms with van der Waals surface area (Å²) in [4.78, 5) is 29.6. The maximum atomic E-state index is 12.8. The quantitative estimate of drug-likeness (QED) is 0.175. The minimum atomic E-state index is -0.297. The van der Waals surface area contributed by atoms with E-state index in [0.29, 0.717) is 17.9 Å². The van der Waals surface area contributed by atoms with Gasteiger partial charge in [0.1, 0.15) is 12.4 Å². The van der Waals surface area contributed by atoms with Gasteiger partial charge >= 0.3 is 0 Å². The molecule has 0 saturated carbocycles. The van der Waals surface area contributed by atoms with E-state index in [1.165, 1.54) is 16.2 Å². The standard InChI is InChI=1S/C25H29BrN4O4/c1-18-13-19(5-3-2-4-11-28-29-33)6-9-23(18)24(31)16-30-12-10-22(14-25(30)32)34-17-21-8-7-20(26)15-27-21/h6-10,12-15,28-29,33H,2-5,11,16-17H2,1H3. The van der Waals surface area contributed by atoms with E-state index in [9.17, 15) is 9.59 Å². The minimum Gasteiger partial charge on any atom is -0.487 e. The summed E-state index contributed by atoms with van der Waals surface area (Å²) in [5.74, 6) is 0.323. The van der Waals surface area contributed by atoms with Gasteiger partial charge in [-0.05, 0) is 71.4 Å². The zero-order valence-electron chi connectivity index (χ0n) is 19.1. The van der Waals surface area contributed by atoms with Crippen molar-refractivity contribution in [1.82, 2.24) is 20.6 Å². The molecule has 0 fully saturated rings. The second kappa shape index (κ2) is 13.1. The van der Waals surface area contributed by atoms with Crippen molar-refractivity contribution in [2.24, 2.45) is 0 Å². The van der Waals surface area contributed by atoms with Gasteiger partial charge in [0, 0.05) is 35.0 Å². The molecular weight excluding hydrogens is 500 g/mol. The Morgan fingerprint density at radius 3 is 2.71 bits per heavy atom. The highest BCUT2D eigenvalue weighted by Crippen LogP contribution is 2.16. The largest absolute Gasteiger partial charge is 0.487 e. The number of ketones is 1. The van der Waals surface area contributed by atoms with Gasteiger partial charge in [-0.2, -0.15) is 0 Å². The molecule has 0 aliphatic rings. The molecule has 0 aliphatic carbocycles. The summed E-state index contributed by atoms with van der Waals surface area (Å²) < 4.78 is 7.92. The highest BCUT2D eigenvalue weighted by molar-refractivity contribution is 9.10. The molecule has 0 unspecified atom stereocenters. The molecule has 3 N–H and O–H groups in total. The zero-order valence-corrected chi connectivity index (χ0v) is 20.7. The van der Waals surface area contributed by atoms with Crippen molar-refractivity contribution in [3.05, 3.63) is 92.1 Å². The van der Waals surface area contributed by atoms with E-state index in [2.05, 4.69) is 26.3 Å². The molecule has 2 aromatic heterocycles. The summed E-state index contributed by atoms with van der Waals surface area (Å²) in [6, 6.07) is 12.6. The SMILES string of the molecule is Cc1cc(CCCCCNNO)ccc1C(=O)Cn1ccc(OCc2ccc(Br)cn2)cc1=O. The first-order chi connectivity index (χ1) is 16.5. The Morgan fingerprint density at radius 2 is 2.00 bits per heavy atom. The monoisotopic (exact) mass is 528 g/mol. The molecule has 3 aromatic rings. The van der Waals surface area contributed by atoms with Crippen LogP contribution in [0, 0.1) is 6.92 Å². The Hall–Kier alpha value is -2.85. The molecule has 0 radical (unpaired) electrons. The van der Waals surface area contributed by atoms with Crippen LogP contribution in [0.25, 0.3) is 0 Å². The third-order valence-electron chi connectivity index (χ3n) is 5.39. The highest BCUT2D eigenvalue weighted by atomic mass is 79.9. The van der Waals surface area contributed by atoms with Gasteiger partial charge in [0.25, 0.3) is 5.56 Å². The molecule has 0 aliphatic heterocycles. The first-order valence-electron chi connectivity index (χ1n) is 11.1. The van der Waals surface area contributed by atoms with Crippen molar-refractivity contribution >= 4 is 21.7 Å². The van der Waals surface area contributed by atoms with Crippen LogP contribution in [-0.4, -0.2) is 27.1 Å². The number of nitrogens with zero attached hydrogens (tertiary/aromatic N) is 2. The Morgan fingerprint density at radius 1 is 1.15 bits per heavy atom. The molecule has 0 saturated heterocycles. The lowest BCUT2D eigenvalue weighted by Crippen LogP contribution is -2.28. The Kier molecular flexibility index (Phi) is 9.96. The van der Waals surface area contributed by atoms with Crippen molar-refractivity contribution < 1.29 is 14.7 Å². The molecule has 2 heterocycles. The number of hydrogen-bond donors (Lipinski definition) is 3. The van der Waals surface area contributed by atoms with Crippen LogP contribution < -0.4 is 21.3 Å². The number of nitrogens with one attached hydrogen (secondary N) is 2. The summed E-state index contributed by atoms with van der Waals surface area (Å²) in [7, 11) is 0. The summed E-state index contributed by atoms with van der Waals surface area (Å²) in [5.41, 5.74) is 7.73. The second-order valence-electron chi connectivity index (χ2n) is 8.01. The van der Waals surface area contributed by atoms with E-state index in [0.717, 1.165) is 41.4 Å². The minimum absolute atomic E-state index is 0.0283. The molecule has 34 heavy (non-hydrogen) atoms. The number of unbranched alkanes of at least 4 members (excludes halogenated alkanes) is 2. The van der Waals surface area contributed by atoms with Gasteiger partial charge in [0.2, 0.25) is 0 Å². The van der Waals surface area contributed by atoms with Gasteiger partial charge in [-0.1, -0.05) is 24.6 Å². The molecule has 0 spiro atoms. The molecule has 180 valence electrons. The first kappa shape index (κ1) is 25.8. The van der Waals surface area contributed by atoms with Gasteiger partial charge in [0.15, 0.2) is 5.78 Å². The number of pyridine rings is 2. The lowest BCUT2D eigenvalue weighted by atomic mass is 9.98. The van der Waals surface area contributed by atoms with E-state index in [1.807, 2.05) is 42.8 Å². The van der Waals surface area contributed by atoms with Gasteiger partial charge in [-0.25, -0.2) is 5.43 Å². The third kappa shape index (κ3) is 7.88. The van der Waals surface area contributed by atoms with Crippen molar-refractivity contribution in [3.8, 4) is 5.75 Å². The summed E-state index contributed by atoms with van der Waals surface area (Å²) >= 11 is 3.34. The van der Waals surface area contributed by atoms with Crippen LogP contribution in [0.2, 0.25) is 0 Å². The number of aromatic nitrogens is 2. The topological polar surface area (TPSA) is 105 Å². The average molecular weight is 529 g/mol. The zero-order chi connectivity index (χ0) is 24.3. The van der Waals surface area contributed by atoms with Crippen LogP contribution in [0.1, 0.15) is 46.4 Å². The van der Waals surface area contributed by atoms with E-state index >= 15 is 0 Å². The number of benzene rings is 1. The normalized spacial score (nSPS) is 10.9. The fourth-order valence-corrected chi connectivity index (χ4v) is 3.80. The smallest absolute Gasteiger partial charge is 0.254 e. The fourth-order valence-electron chi connectivity index (χ4n) is 3.57. The number of aryl methyl sites for hydroxylation is 2. The van der Waals surface area contributed by atoms with Gasteiger partial charge in [-0.3, -0.25) is 14.6 Å². The fraction of sp³-hybridized carbons (Fsp3) is 0.320. The lowest BCUT2D eigenvalue weighted by Gasteiger charge is -2.11. The number of rotatable bonds is 13. The number of halogens is 1. The van der Waals surface area contributed by atoms with Crippen LogP contribution in [0.5, 0.6) is 5.75 Å². The van der Waals surface area contributed by atoms with Gasteiger partial charge < -0.3 is 14.5 Å². The van der Waals surface area contributed by atoms with Crippen molar-refractivity contribution in [3.63, 3.8) is 0 Å². The van der Waals surface area contributed by atoms with Crippen LogP contribution in [0.15, 0.2) is 64.1 Å². The van der Waals surface area contributed by atoms with Crippen LogP contribution in [0.4, 0.5) is 0 Å². The number of carbonyl (C=O) groups excluding carboxylic acids is 1. The predicted octanol–water partition coefficient (Wildman–Crippen LogP) is 3.97. The third-order valence-corrected chi connectivity index (χ3v) is 5.86. The summed E-state index contributed by atoms with van der Waals surface area (Å²) in [5, 5.41) is 8.47. The predicted molar refractivity (Wildman–Crippen MR) is 133 cm³/mol. The van der Waals surface area contributed by atoms with Crippen molar-refractivity contribution in [2.45, 2.75) is 45.8 Å². The highest BCUT2D eigenvalue weighted by Gasteiger charge is 2.12. The average Bonchev–Trinajstić information content (AvgIpc) is 2.82. The van der Waals surface area contributed by atoms with E-state index in [1.54, 1.807) is 18.5 Å². The van der Waals surface area contributed by atoms with Crippen LogP contribution in [-0.2, 0) is 19.6 Å². The lowest BCUT2D eigenvalue weighted by molar-refractivity contribution is 0.0970. The molecule has 8 nitrogen and oxygen atoms in total. The summed E-state index contributed by atoms with van der Waals surface area (Å²) in [6.07, 6.45) is 7.22. The molecule has 9 heteroatoms. The van der Waals surface area contributed by atoms with Crippen molar-refractivity contribution in [2.75, 3.05) is 6.54 Å². The van der Waals surface area contributed by atoms with Crippen LogP contribution >= 0.6 is 15.9 Å². The molecule has 3 rings (SSSR count). The molecule has 0 bridgehead atoms. The first-order valence-corrected chi connectivity index (χ1v) is 11.9. The molecule has 0 amide bonds. The number of carbonyl (C=O) groups is 1. The maximum absolute atomic E-state index is 12.8. The number of ether oxygens (including phenoxy) is 1. The van der Waals surface area contributed by atoms with E-state index < -0.39 is 0 Å². The number of Topliss-reactive ketones (excluding diaryl/α,β-unsaturated/α-hetero) is 1. The maximum Gasteiger partial charge on any atom is 0.254 e. The van der Waals surface area contributed by atoms with E-state index in [-0.39, 0.29) is 24.5 Å². The number of hydrogen-bond acceptors (Lipinski definition) is 7. The van der Waals surface area contributed by atoms with Crippen LogP contribution in [0.3, 0.4) is 0 Å². The van der Waals surface area contributed by atoms with Gasteiger partial charge in [-0.15, -0.1) is 5.59 Å². The molecule has 1 aromatic carbocycles. The molecular formula is C25H29BrN4O4. The van der Waals surface area contributed by atoms with Crippen molar-refractivity contribution in [1.29, 1.82) is 0 Å². The van der Waals surface area contributed by atoms with Gasteiger partial charge in [0.05, 0.1) is 12.2 Å².